The van der Waals surface area contributed by atoms with Gasteiger partial charge in [-0.15, -0.1) is 0 Å². The molecule has 0 bridgehead atoms. The Bertz CT molecular complexity index is 1010. The molecule has 0 aliphatic rings. The Hall–Kier alpha value is -3.79. The van der Waals surface area contributed by atoms with Crippen LogP contribution in [-0.2, 0) is 33.6 Å². The van der Waals surface area contributed by atoms with Crippen molar-refractivity contribution in [1.82, 2.24) is 26.6 Å². The van der Waals surface area contributed by atoms with E-state index in [1.54, 1.807) is 6.92 Å². The van der Waals surface area contributed by atoms with E-state index in [0.717, 1.165) is 0 Å². The van der Waals surface area contributed by atoms with Crippen LogP contribution >= 0.6 is 0 Å². The molecule has 16 heteroatoms. The van der Waals surface area contributed by atoms with Crippen molar-refractivity contribution in [3.8, 4) is 0 Å². The second-order valence-electron chi connectivity index (χ2n) is 11.5. The van der Waals surface area contributed by atoms with Crippen LogP contribution in [0.3, 0.4) is 0 Å². The standard InChI is InChI=1S/C28H52N8O8/c1-7-15(4)22(36-25(40)18(30)12-14(2)3)27(42)33-17(6)24(39)35-20(13-21(31)37)26(41)32-16(5)23(38)34-19(28(43)44)10-8-9-11-29/h14-20,22H,7-13,29-30H2,1-6H3,(H2,31,37)(H,32,41)(H,33,42)(H,34,38)(H,35,39)(H,36,40)(H,43,44). The fraction of sp³-hybridized carbons (Fsp3) is 0.750. The van der Waals surface area contributed by atoms with Gasteiger partial charge in [-0.2, -0.15) is 0 Å². The molecule has 44 heavy (non-hydrogen) atoms. The third kappa shape index (κ3) is 15.1. The number of primary amides is 1. The van der Waals surface area contributed by atoms with E-state index in [-0.39, 0.29) is 18.3 Å². The summed E-state index contributed by atoms with van der Waals surface area (Å²) in [5.74, 6) is -6.04. The summed E-state index contributed by atoms with van der Waals surface area (Å²) in [7, 11) is 0. The van der Waals surface area contributed by atoms with E-state index in [2.05, 4.69) is 26.6 Å². The van der Waals surface area contributed by atoms with Crippen LogP contribution in [0.15, 0.2) is 0 Å². The molecule has 252 valence electrons. The first-order chi connectivity index (χ1) is 20.4. The van der Waals surface area contributed by atoms with Crippen molar-refractivity contribution in [3.63, 3.8) is 0 Å². The van der Waals surface area contributed by atoms with E-state index in [9.17, 15) is 38.7 Å². The zero-order valence-electron chi connectivity index (χ0n) is 26.6. The molecule has 7 unspecified atom stereocenters. The number of carbonyl (C=O) groups is 7. The summed E-state index contributed by atoms with van der Waals surface area (Å²) in [5.41, 5.74) is 16.6. The van der Waals surface area contributed by atoms with Gasteiger partial charge >= 0.3 is 5.97 Å². The molecule has 6 amide bonds. The van der Waals surface area contributed by atoms with Gasteiger partial charge in [0.15, 0.2) is 0 Å². The Morgan fingerprint density at radius 1 is 0.705 bits per heavy atom. The molecule has 0 fully saturated rings. The predicted octanol–water partition coefficient (Wildman–Crippen LogP) is -2.04. The number of carbonyl (C=O) groups excluding carboxylic acids is 6. The SMILES string of the molecule is CCC(C)C(NC(=O)C(N)CC(C)C)C(=O)NC(C)C(=O)NC(CC(N)=O)C(=O)NC(C)C(=O)NC(CCCCN)C(=O)O. The van der Waals surface area contributed by atoms with Gasteiger partial charge in [-0.25, -0.2) is 4.79 Å². The van der Waals surface area contributed by atoms with E-state index >= 15 is 0 Å². The van der Waals surface area contributed by atoms with Gasteiger partial charge in [-0.3, -0.25) is 28.8 Å². The van der Waals surface area contributed by atoms with Gasteiger partial charge in [0, 0.05) is 0 Å². The third-order valence-corrected chi connectivity index (χ3v) is 6.96. The van der Waals surface area contributed by atoms with Gasteiger partial charge in [0.1, 0.15) is 30.2 Å². The van der Waals surface area contributed by atoms with Crippen molar-refractivity contribution in [3.05, 3.63) is 0 Å². The lowest BCUT2D eigenvalue weighted by Gasteiger charge is -2.27. The van der Waals surface area contributed by atoms with Crippen LogP contribution in [0.2, 0.25) is 0 Å². The molecule has 0 aliphatic carbocycles. The Balaban J connectivity index is 5.45. The molecule has 0 aliphatic heterocycles. The lowest BCUT2D eigenvalue weighted by molar-refractivity contribution is -0.142. The van der Waals surface area contributed by atoms with Gasteiger partial charge in [-0.05, 0) is 57.9 Å². The van der Waals surface area contributed by atoms with Gasteiger partial charge in [0.25, 0.3) is 0 Å². The third-order valence-electron chi connectivity index (χ3n) is 6.96. The quantitative estimate of drug-likeness (QED) is 0.0628. The lowest BCUT2D eigenvalue weighted by Crippen LogP contribution is -2.59. The fourth-order valence-electron chi connectivity index (χ4n) is 4.08. The summed E-state index contributed by atoms with van der Waals surface area (Å²) in [6.07, 6.45) is 1.49. The first-order valence-electron chi connectivity index (χ1n) is 14.9. The average Bonchev–Trinajstić information content (AvgIpc) is 2.93. The number of hydrogen-bond donors (Lipinski definition) is 9. The van der Waals surface area contributed by atoms with Crippen molar-refractivity contribution < 1.29 is 38.7 Å². The number of nitrogens with one attached hydrogen (secondary N) is 5. The highest BCUT2D eigenvalue weighted by atomic mass is 16.4. The summed E-state index contributed by atoms with van der Waals surface area (Å²) >= 11 is 0. The van der Waals surface area contributed by atoms with Crippen LogP contribution in [0.5, 0.6) is 0 Å². The molecule has 0 aromatic rings. The molecule has 0 radical (unpaired) electrons. The zero-order valence-corrected chi connectivity index (χ0v) is 26.6. The van der Waals surface area contributed by atoms with Crippen LogP contribution in [-0.4, -0.2) is 89.3 Å². The molecule has 7 atom stereocenters. The van der Waals surface area contributed by atoms with Crippen molar-refractivity contribution in [1.29, 1.82) is 0 Å². The first-order valence-corrected chi connectivity index (χ1v) is 14.9. The second-order valence-corrected chi connectivity index (χ2v) is 11.5. The van der Waals surface area contributed by atoms with Crippen LogP contribution in [0.4, 0.5) is 0 Å². The highest BCUT2D eigenvalue weighted by molar-refractivity contribution is 5.97. The number of carboxylic acid groups (broad SMARTS) is 1. The minimum absolute atomic E-state index is 0.134. The number of hydrogen-bond acceptors (Lipinski definition) is 9. The van der Waals surface area contributed by atoms with Crippen molar-refractivity contribution in [2.45, 2.75) is 116 Å². The Labute approximate surface area is 258 Å². The normalized spacial score (nSPS) is 15.8. The second kappa shape index (κ2) is 20.2. The van der Waals surface area contributed by atoms with E-state index < -0.39 is 84.1 Å². The Morgan fingerprint density at radius 2 is 1.23 bits per heavy atom. The topological polar surface area (TPSA) is 278 Å². The number of amides is 6. The summed E-state index contributed by atoms with van der Waals surface area (Å²) in [6, 6.07) is -6.95. The Kier molecular flexibility index (Phi) is 18.5. The fourth-order valence-corrected chi connectivity index (χ4v) is 4.08. The molecule has 0 aromatic carbocycles. The monoisotopic (exact) mass is 628 g/mol. The van der Waals surface area contributed by atoms with Gasteiger partial charge in [0.05, 0.1) is 12.5 Å². The highest BCUT2D eigenvalue weighted by Crippen LogP contribution is 2.10. The highest BCUT2D eigenvalue weighted by Gasteiger charge is 2.32. The lowest BCUT2D eigenvalue weighted by atomic mass is 9.96. The summed E-state index contributed by atoms with van der Waals surface area (Å²) in [4.78, 5) is 87.2. The minimum Gasteiger partial charge on any atom is -0.480 e. The molecule has 0 saturated carbocycles. The van der Waals surface area contributed by atoms with Gasteiger partial charge < -0.3 is 48.9 Å². The van der Waals surface area contributed by atoms with Gasteiger partial charge in [0.2, 0.25) is 35.4 Å². The van der Waals surface area contributed by atoms with Crippen molar-refractivity contribution in [2.24, 2.45) is 29.0 Å². The molecule has 0 rings (SSSR count). The predicted molar refractivity (Wildman–Crippen MR) is 162 cm³/mol. The maximum Gasteiger partial charge on any atom is 0.326 e. The van der Waals surface area contributed by atoms with Crippen LogP contribution in [0.1, 0.15) is 80.1 Å². The number of rotatable bonds is 21. The summed E-state index contributed by atoms with van der Waals surface area (Å²) in [6.45, 7) is 10.4. The van der Waals surface area contributed by atoms with Crippen LogP contribution in [0, 0.1) is 11.8 Å². The minimum atomic E-state index is -1.51. The maximum atomic E-state index is 13.1. The summed E-state index contributed by atoms with van der Waals surface area (Å²) in [5, 5.41) is 21.6. The van der Waals surface area contributed by atoms with E-state index in [0.29, 0.717) is 32.2 Å². The zero-order chi connectivity index (χ0) is 34.1. The van der Waals surface area contributed by atoms with Crippen LogP contribution in [0.25, 0.3) is 0 Å². The largest absolute Gasteiger partial charge is 0.480 e. The van der Waals surface area contributed by atoms with Crippen molar-refractivity contribution >= 4 is 41.4 Å². The van der Waals surface area contributed by atoms with Crippen molar-refractivity contribution in [2.75, 3.05) is 6.54 Å². The molecule has 12 N–H and O–H groups in total. The first kappa shape index (κ1) is 40.2. The molecule has 0 spiro atoms. The smallest absolute Gasteiger partial charge is 0.326 e. The van der Waals surface area contributed by atoms with E-state index in [1.807, 2.05) is 20.8 Å². The summed E-state index contributed by atoms with van der Waals surface area (Å²) < 4.78 is 0. The molecular weight excluding hydrogens is 576 g/mol. The molecule has 0 aromatic heterocycles. The van der Waals surface area contributed by atoms with Gasteiger partial charge in [-0.1, -0.05) is 34.1 Å². The molecular formula is C28H52N8O8. The molecule has 0 saturated heterocycles. The molecule has 16 nitrogen and oxygen atoms in total. The van der Waals surface area contributed by atoms with Crippen LogP contribution < -0.4 is 43.8 Å². The number of unbranched alkanes of at least 4 members (excludes halogenated alkanes) is 1. The van der Waals surface area contributed by atoms with E-state index in [1.165, 1.54) is 13.8 Å². The number of carboxylic acids is 1. The number of aliphatic carboxylic acids is 1. The van der Waals surface area contributed by atoms with E-state index in [4.69, 9.17) is 17.2 Å². The average molecular weight is 629 g/mol. The Morgan fingerprint density at radius 3 is 1.68 bits per heavy atom. The number of nitrogens with two attached hydrogens (primary N) is 3. The molecule has 0 heterocycles. The maximum absolute atomic E-state index is 13.1.